The number of morpholine rings is 1. The predicted molar refractivity (Wildman–Crippen MR) is 151 cm³/mol. The van der Waals surface area contributed by atoms with Crippen molar-refractivity contribution in [1.82, 2.24) is 29.5 Å². The Kier molecular flexibility index (Phi) is 8.35. The Labute approximate surface area is 233 Å². The van der Waals surface area contributed by atoms with Gasteiger partial charge in [0.25, 0.3) is 10.1 Å². The maximum Gasteiger partial charge on any atom is 0.261 e. The van der Waals surface area contributed by atoms with Gasteiger partial charge in [0, 0.05) is 45.5 Å². The van der Waals surface area contributed by atoms with Crippen molar-refractivity contribution in [1.29, 1.82) is 0 Å². The van der Waals surface area contributed by atoms with Gasteiger partial charge >= 0.3 is 0 Å². The summed E-state index contributed by atoms with van der Waals surface area (Å²) in [6, 6.07) is 0. The average molecular weight is 576 g/mol. The minimum absolute atomic E-state index is 0.244. The maximum atomic E-state index is 9.61. The highest BCUT2D eigenvalue weighted by atomic mass is 32.2. The Morgan fingerprint density at radius 3 is 2.27 bits per heavy atom. The smallest absolute Gasteiger partial charge is 0.261 e. The Bertz CT molecular complexity index is 1440. The third kappa shape index (κ3) is 6.77. The molecule has 0 radical (unpaired) electrons. The van der Waals surface area contributed by atoms with Crippen molar-refractivity contribution in [2.24, 2.45) is 11.8 Å². The largest absolute Gasteiger partial charge is 0.396 e. The summed E-state index contributed by atoms with van der Waals surface area (Å²) in [6.45, 7) is 7.69. The van der Waals surface area contributed by atoms with Crippen molar-refractivity contribution in [3.05, 3.63) is 11.9 Å². The number of anilines is 3. The molecule has 5 heterocycles. The first-order valence-corrected chi connectivity index (χ1v) is 15.4. The summed E-state index contributed by atoms with van der Waals surface area (Å²) in [7, 11) is -3.67. The number of rotatable bonds is 6. The topological polar surface area (TPSA) is 186 Å². The molecule has 3 aromatic heterocycles. The Morgan fingerprint density at radius 1 is 1.00 bits per heavy atom. The molecular weight excluding hydrogens is 538 g/mol. The molecule has 0 amide bonds. The zero-order valence-electron chi connectivity index (χ0n) is 22.9. The van der Waals surface area contributed by atoms with Crippen molar-refractivity contribution < 1.29 is 22.8 Å². The van der Waals surface area contributed by atoms with E-state index in [1.807, 2.05) is 6.92 Å². The quantitative estimate of drug-likeness (QED) is 0.356. The molecule has 1 aliphatic carbocycles. The van der Waals surface area contributed by atoms with E-state index in [2.05, 4.69) is 24.3 Å². The molecule has 4 N–H and O–H groups in total. The van der Waals surface area contributed by atoms with Gasteiger partial charge in [-0.15, -0.1) is 0 Å². The SMILES string of the molecule is CS(=O)(=O)O.Cc1nc(N)ncc1-c1nc(N2CCOCC2)c2nc(N3CCC(CO)CC3)n(CC3CC3)c2n1. The zero-order valence-corrected chi connectivity index (χ0v) is 23.7. The molecule has 0 bridgehead atoms. The van der Waals surface area contributed by atoms with Gasteiger partial charge in [-0.1, -0.05) is 0 Å². The maximum absolute atomic E-state index is 9.61. The molecule has 0 atom stereocenters. The van der Waals surface area contributed by atoms with Crippen LogP contribution in [0.1, 0.15) is 31.4 Å². The van der Waals surface area contributed by atoms with Gasteiger partial charge in [-0.2, -0.15) is 8.42 Å². The fraction of sp³-hybridized carbons (Fsp3) is 0.640. The van der Waals surface area contributed by atoms with Crippen molar-refractivity contribution in [3.63, 3.8) is 0 Å². The van der Waals surface area contributed by atoms with Crippen LogP contribution in [0.4, 0.5) is 17.7 Å². The summed E-state index contributed by atoms with van der Waals surface area (Å²) in [5.41, 5.74) is 9.04. The summed E-state index contributed by atoms with van der Waals surface area (Å²) in [4.78, 5) is 28.4. The molecule has 2 saturated heterocycles. The van der Waals surface area contributed by atoms with Gasteiger partial charge in [-0.05, 0) is 44.4 Å². The lowest BCUT2D eigenvalue weighted by Crippen LogP contribution is -2.37. The fourth-order valence-electron chi connectivity index (χ4n) is 5.08. The van der Waals surface area contributed by atoms with Crippen LogP contribution in [0.25, 0.3) is 22.6 Å². The average Bonchev–Trinajstić information content (AvgIpc) is 3.67. The number of nitrogens with two attached hydrogens (primary N) is 1. The molecule has 3 aromatic rings. The number of piperidine rings is 1. The van der Waals surface area contributed by atoms with Crippen LogP contribution >= 0.6 is 0 Å². The molecule has 1 saturated carbocycles. The number of ether oxygens (including phenoxy) is 1. The molecule has 3 fully saturated rings. The van der Waals surface area contributed by atoms with Crippen LogP contribution in [0.15, 0.2) is 6.20 Å². The van der Waals surface area contributed by atoms with Crippen molar-refractivity contribution in [3.8, 4) is 11.4 Å². The first-order chi connectivity index (χ1) is 19.1. The first kappa shape index (κ1) is 28.4. The van der Waals surface area contributed by atoms with E-state index in [1.54, 1.807) is 6.20 Å². The fourth-order valence-corrected chi connectivity index (χ4v) is 5.08. The Hall–Kier alpha value is -3.14. The van der Waals surface area contributed by atoms with Crippen LogP contribution < -0.4 is 15.5 Å². The molecule has 14 nitrogen and oxygen atoms in total. The molecule has 40 heavy (non-hydrogen) atoms. The van der Waals surface area contributed by atoms with Crippen LogP contribution in [0.3, 0.4) is 0 Å². The van der Waals surface area contributed by atoms with Crippen molar-refractivity contribution in [2.75, 3.05) is 67.8 Å². The van der Waals surface area contributed by atoms with Gasteiger partial charge in [-0.3, -0.25) is 9.12 Å². The lowest BCUT2D eigenvalue weighted by atomic mass is 9.98. The van der Waals surface area contributed by atoms with Crippen molar-refractivity contribution in [2.45, 2.75) is 39.2 Å². The van der Waals surface area contributed by atoms with Crippen LogP contribution in [0, 0.1) is 18.8 Å². The number of imidazole rings is 1. The van der Waals surface area contributed by atoms with Gasteiger partial charge in [0.15, 0.2) is 22.8 Å². The molecule has 15 heteroatoms. The Balaban J connectivity index is 0.000000595. The number of hydrogen-bond acceptors (Lipinski definition) is 12. The van der Waals surface area contributed by atoms with Crippen LogP contribution in [-0.2, 0) is 21.4 Å². The molecule has 2 aliphatic heterocycles. The highest BCUT2D eigenvalue weighted by Crippen LogP contribution is 2.37. The van der Waals surface area contributed by atoms with Gasteiger partial charge in [0.05, 0.1) is 30.7 Å². The van der Waals surface area contributed by atoms with E-state index in [1.165, 1.54) is 12.8 Å². The number of fused-ring (bicyclic) bond motifs is 1. The number of aliphatic hydroxyl groups is 1. The summed E-state index contributed by atoms with van der Waals surface area (Å²) < 4.78 is 33.8. The highest BCUT2D eigenvalue weighted by Gasteiger charge is 2.31. The molecule has 6 rings (SSSR count). The van der Waals surface area contributed by atoms with Gasteiger partial charge < -0.3 is 25.4 Å². The molecule has 218 valence electrons. The number of nitrogen functional groups attached to an aromatic ring is 1. The number of aromatic nitrogens is 6. The number of aryl methyl sites for hydroxylation is 1. The van der Waals surface area contributed by atoms with E-state index < -0.39 is 10.1 Å². The lowest BCUT2D eigenvalue weighted by molar-refractivity contribution is 0.122. The van der Waals surface area contributed by atoms with Gasteiger partial charge in [0.1, 0.15) is 0 Å². The van der Waals surface area contributed by atoms with Gasteiger partial charge in [-0.25, -0.2) is 24.9 Å². The number of nitrogens with zero attached hydrogens (tertiary/aromatic N) is 8. The van der Waals surface area contributed by atoms with E-state index in [-0.39, 0.29) is 12.6 Å². The number of hydrogen-bond donors (Lipinski definition) is 3. The van der Waals surface area contributed by atoms with E-state index in [0.29, 0.717) is 37.1 Å². The third-order valence-electron chi connectivity index (χ3n) is 7.40. The standard InChI is InChI=1S/C24H33N9O2.CH4O3S/c1-15-18(12-26-23(25)27-15)20-29-21(31-8-10-35-11-9-31)19-22(30-20)33(13-16-2-3-16)24(28-19)32-6-4-17(14-34)5-7-32;1-5(2,3)4/h12,16-17,34H,2-11,13-14H2,1H3,(H2,25,26,27);1H3,(H,2,3,4). The summed E-state index contributed by atoms with van der Waals surface area (Å²) >= 11 is 0. The summed E-state index contributed by atoms with van der Waals surface area (Å²) in [6.07, 6.45) is 6.85. The predicted octanol–water partition coefficient (Wildman–Crippen LogP) is 1.13. The zero-order chi connectivity index (χ0) is 28.4. The second-order valence-corrected chi connectivity index (χ2v) is 12.1. The highest BCUT2D eigenvalue weighted by molar-refractivity contribution is 7.85. The van der Waals surface area contributed by atoms with E-state index in [0.717, 1.165) is 79.8 Å². The molecule has 0 spiro atoms. The normalized spacial score (nSPS) is 18.6. The monoisotopic (exact) mass is 575 g/mol. The second kappa shape index (κ2) is 11.8. The second-order valence-electron chi connectivity index (χ2n) is 10.7. The molecule has 0 unspecified atom stereocenters. The molecule has 0 aromatic carbocycles. The Morgan fingerprint density at radius 2 is 1.68 bits per heavy atom. The lowest BCUT2D eigenvalue weighted by Gasteiger charge is -2.32. The summed E-state index contributed by atoms with van der Waals surface area (Å²) in [5, 5.41) is 9.61. The number of aliphatic hydroxyl groups excluding tert-OH is 1. The first-order valence-electron chi connectivity index (χ1n) is 13.6. The van der Waals surface area contributed by atoms with Crippen LogP contribution in [0.5, 0.6) is 0 Å². The minimum atomic E-state index is -3.67. The van der Waals surface area contributed by atoms with Gasteiger partial charge in [0.2, 0.25) is 11.9 Å². The van der Waals surface area contributed by atoms with E-state index in [9.17, 15) is 13.5 Å². The van der Waals surface area contributed by atoms with Crippen LogP contribution in [-0.4, -0.2) is 99.8 Å². The van der Waals surface area contributed by atoms with Crippen LogP contribution in [0.2, 0.25) is 0 Å². The van der Waals surface area contributed by atoms with E-state index >= 15 is 0 Å². The van der Waals surface area contributed by atoms with Crippen molar-refractivity contribution >= 4 is 39.0 Å². The molecular formula is C25H37N9O5S. The summed E-state index contributed by atoms with van der Waals surface area (Å²) in [5.74, 6) is 3.68. The van der Waals surface area contributed by atoms with E-state index in [4.69, 9.17) is 30.0 Å². The third-order valence-corrected chi connectivity index (χ3v) is 7.40. The molecule has 3 aliphatic rings. The minimum Gasteiger partial charge on any atom is -0.396 e.